The zero-order valence-electron chi connectivity index (χ0n) is 15.9. The van der Waals surface area contributed by atoms with E-state index < -0.39 is 0 Å². The Hall–Kier alpha value is -2.26. The molecule has 0 spiro atoms. The summed E-state index contributed by atoms with van der Waals surface area (Å²) in [5.74, 6) is 1.78. The van der Waals surface area contributed by atoms with Gasteiger partial charge in [0, 0.05) is 25.6 Å². The number of hydrogen-bond donors (Lipinski definition) is 1. The number of hydrogen-bond acceptors (Lipinski definition) is 7. The molecular formula is C19H26N6O3. The summed E-state index contributed by atoms with van der Waals surface area (Å²) in [6.45, 7) is 2.48. The first-order valence-corrected chi connectivity index (χ1v) is 10.2. The molecule has 2 aromatic rings. The monoisotopic (exact) mass is 386 g/mol. The summed E-state index contributed by atoms with van der Waals surface area (Å²) >= 11 is 0. The average molecular weight is 386 g/mol. The van der Waals surface area contributed by atoms with Gasteiger partial charge in [0.2, 0.25) is 0 Å². The fourth-order valence-corrected chi connectivity index (χ4v) is 4.38. The summed E-state index contributed by atoms with van der Waals surface area (Å²) in [5.41, 5.74) is 7.23. The molecule has 2 fully saturated rings. The second-order valence-electron chi connectivity index (χ2n) is 8.11. The highest BCUT2D eigenvalue weighted by molar-refractivity contribution is 5.92. The van der Waals surface area contributed by atoms with Crippen LogP contribution in [-0.2, 0) is 17.7 Å². The zero-order valence-corrected chi connectivity index (χ0v) is 15.9. The molecule has 150 valence electrons. The Morgan fingerprint density at radius 2 is 2.07 bits per heavy atom. The van der Waals surface area contributed by atoms with Crippen LogP contribution in [0, 0.1) is 0 Å². The number of carbonyl (C=O) groups excluding carboxylic acids is 1. The number of ether oxygens (including phenoxy) is 1. The van der Waals surface area contributed by atoms with E-state index in [-0.39, 0.29) is 23.9 Å². The van der Waals surface area contributed by atoms with Gasteiger partial charge in [-0.15, -0.1) is 5.10 Å². The Morgan fingerprint density at radius 1 is 1.21 bits per heavy atom. The lowest BCUT2D eigenvalue weighted by molar-refractivity contribution is 0.0721. The lowest BCUT2D eigenvalue weighted by Crippen LogP contribution is -2.36. The maximum Gasteiger partial charge on any atom is 0.276 e. The van der Waals surface area contributed by atoms with Crippen molar-refractivity contribution >= 4 is 5.91 Å². The van der Waals surface area contributed by atoms with Crippen molar-refractivity contribution in [3.8, 4) is 0 Å². The van der Waals surface area contributed by atoms with Crippen molar-refractivity contribution < 1.29 is 13.9 Å². The number of nitrogens with two attached hydrogens (primary N) is 1. The Balaban J connectivity index is 1.26. The van der Waals surface area contributed by atoms with Crippen molar-refractivity contribution in [3.05, 3.63) is 29.2 Å². The molecular weight excluding hydrogens is 360 g/mol. The molecule has 0 aromatic carbocycles. The maximum absolute atomic E-state index is 12.9. The van der Waals surface area contributed by atoms with Crippen molar-refractivity contribution in [1.29, 1.82) is 0 Å². The third kappa shape index (κ3) is 3.33. The molecule has 1 aliphatic carbocycles. The highest BCUT2D eigenvalue weighted by atomic mass is 16.5. The number of carbonyl (C=O) groups is 1. The molecule has 1 atom stereocenters. The van der Waals surface area contributed by atoms with Gasteiger partial charge >= 0.3 is 0 Å². The molecule has 1 unspecified atom stereocenters. The van der Waals surface area contributed by atoms with E-state index in [1.54, 1.807) is 11.1 Å². The molecule has 4 heterocycles. The average Bonchev–Trinajstić information content (AvgIpc) is 3.47. The van der Waals surface area contributed by atoms with Gasteiger partial charge in [-0.25, -0.2) is 9.67 Å². The van der Waals surface area contributed by atoms with Crippen LogP contribution in [0.5, 0.6) is 0 Å². The summed E-state index contributed by atoms with van der Waals surface area (Å²) in [6.07, 6.45) is 7.35. The summed E-state index contributed by atoms with van der Waals surface area (Å²) < 4.78 is 13.2. The third-order valence-corrected chi connectivity index (χ3v) is 6.16. The van der Waals surface area contributed by atoms with Crippen molar-refractivity contribution in [3.63, 3.8) is 0 Å². The molecule has 28 heavy (non-hydrogen) atoms. The molecule has 2 aliphatic heterocycles. The number of rotatable bonds is 3. The zero-order chi connectivity index (χ0) is 19.1. The normalized spacial score (nSPS) is 27.8. The molecule has 1 saturated carbocycles. The Kier molecular flexibility index (Phi) is 4.64. The number of oxazole rings is 1. The van der Waals surface area contributed by atoms with Gasteiger partial charge in [-0.05, 0) is 32.1 Å². The van der Waals surface area contributed by atoms with Crippen LogP contribution in [0.2, 0.25) is 0 Å². The van der Waals surface area contributed by atoms with Crippen LogP contribution in [0.4, 0.5) is 0 Å². The molecule has 9 heteroatoms. The second-order valence-corrected chi connectivity index (χ2v) is 8.11. The number of amides is 1. The van der Waals surface area contributed by atoms with Crippen LogP contribution in [0.25, 0.3) is 0 Å². The fraction of sp³-hybridized carbons (Fsp3) is 0.684. The van der Waals surface area contributed by atoms with E-state index in [9.17, 15) is 4.79 Å². The lowest BCUT2D eigenvalue weighted by Gasteiger charge is -2.26. The van der Waals surface area contributed by atoms with E-state index in [1.165, 1.54) is 0 Å². The SMILES string of the molecule is NC1CCC(n2cc(C(=O)N3CCc4oc(C5CCOC5)nc4C3)nn2)CC1. The third-order valence-electron chi connectivity index (χ3n) is 6.16. The van der Waals surface area contributed by atoms with Gasteiger partial charge in [0.05, 0.1) is 31.3 Å². The quantitative estimate of drug-likeness (QED) is 0.848. The van der Waals surface area contributed by atoms with Gasteiger partial charge in [0.15, 0.2) is 11.6 Å². The van der Waals surface area contributed by atoms with Crippen LogP contribution in [0.3, 0.4) is 0 Å². The fourth-order valence-electron chi connectivity index (χ4n) is 4.38. The molecule has 1 saturated heterocycles. The number of aromatic nitrogens is 4. The standard InChI is InChI=1S/C19H26N6O3/c20-13-1-3-14(4-2-13)25-10-16(22-23-25)19(26)24-7-5-17-15(9-24)21-18(28-17)12-6-8-27-11-12/h10,12-14H,1-9,11,20H2. The predicted octanol–water partition coefficient (Wildman–Crippen LogP) is 1.41. The largest absolute Gasteiger partial charge is 0.445 e. The van der Waals surface area contributed by atoms with Gasteiger partial charge in [-0.3, -0.25) is 4.79 Å². The lowest BCUT2D eigenvalue weighted by atomic mass is 9.92. The summed E-state index contributed by atoms with van der Waals surface area (Å²) in [5, 5.41) is 8.35. The van der Waals surface area contributed by atoms with Gasteiger partial charge in [-0.2, -0.15) is 0 Å². The molecule has 2 N–H and O–H groups in total. The minimum Gasteiger partial charge on any atom is -0.445 e. The smallest absolute Gasteiger partial charge is 0.276 e. The highest BCUT2D eigenvalue weighted by Crippen LogP contribution is 2.30. The van der Waals surface area contributed by atoms with E-state index >= 15 is 0 Å². The molecule has 0 radical (unpaired) electrons. The first kappa shape index (κ1) is 17.8. The van der Waals surface area contributed by atoms with Crippen LogP contribution >= 0.6 is 0 Å². The molecule has 1 amide bonds. The summed E-state index contributed by atoms with van der Waals surface area (Å²) in [7, 11) is 0. The Bertz CT molecular complexity index is 848. The van der Waals surface area contributed by atoms with Crippen LogP contribution in [0.1, 0.15) is 71.9 Å². The highest BCUT2D eigenvalue weighted by Gasteiger charge is 2.31. The van der Waals surface area contributed by atoms with Crippen LogP contribution in [-0.4, -0.2) is 56.6 Å². The Labute approximate surface area is 163 Å². The summed E-state index contributed by atoms with van der Waals surface area (Å²) in [4.78, 5) is 19.4. The van der Waals surface area contributed by atoms with E-state index in [2.05, 4.69) is 15.3 Å². The number of nitrogens with zero attached hydrogens (tertiary/aromatic N) is 5. The minimum atomic E-state index is -0.0989. The van der Waals surface area contributed by atoms with E-state index in [1.807, 2.05) is 4.68 Å². The van der Waals surface area contributed by atoms with Gasteiger partial charge in [0.25, 0.3) is 5.91 Å². The van der Waals surface area contributed by atoms with Crippen molar-refractivity contribution in [1.82, 2.24) is 24.9 Å². The number of fused-ring (bicyclic) bond motifs is 1. The second kappa shape index (κ2) is 7.29. The molecule has 2 aromatic heterocycles. The van der Waals surface area contributed by atoms with E-state index in [0.29, 0.717) is 31.8 Å². The van der Waals surface area contributed by atoms with E-state index in [0.717, 1.165) is 56.1 Å². The van der Waals surface area contributed by atoms with Gasteiger partial charge < -0.3 is 19.8 Å². The molecule has 3 aliphatic rings. The molecule has 9 nitrogen and oxygen atoms in total. The first-order chi connectivity index (χ1) is 13.7. The topological polar surface area (TPSA) is 112 Å². The Morgan fingerprint density at radius 3 is 2.86 bits per heavy atom. The molecule has 0 bridgehead atoms. The molecule has 5 rings (SSSR count). The van der Waals surface area contributed by atoms with E-state index in [4.69, 9.17) is 14.9 Å². The summed E-state index contributed by atoms with van der Waals surface area (Å²) in [6, 6.07) is 0.570. The van der Waals surface area contributed by atoms with Crippen molar-refractivity contribution in [2.75, 3.05) is 19.8 Å². The minimum absolute atomic E-state index is 0.0989. The predicted molar refractivity (Wildman–Crippen MR) is 98.6 cm³/mol. The van der Waals surface area contributed by atoms with Crippen molar-refractivity contribution in [2.45, 2.75) is 63.1 Å². The van der Waals surface area contributed by atoms with Crippen LogP contribution in [0.15, 0.2) is 10.6 Å². The van der Waals surface area contributed by atoms with Gasteiger partial charge in [0.1, 0.15) is 11.5 Å². The van der Waals surface area contributed by atoms with Crippen LogP contribution < -0.4 is 5.73 Å². The van der Waals surface area contributed by atoms with Gasteiger partial charge in [-0.1, -0.05) is 5.21 Å². The van der Waals surface area contributed by atoms with Crippen molar-refractivity contribution in [2.24, 2.45) is 5.73 Å². The first-order valence-electron chi connectivity index (χ1n) is 10.2. The maximum atomic E-state index is 12.9.